The number of nitrogens with two attached hydrogens (primary N) is 1. The summed E-state index contributed by atoms with van der Waals surface area (Å²) in [6, 6.07) is 8.11. The summed E-state index contributed by atoms with van der Waals surface area (Å²) in [5, 5.41) is 2.43. The van der Waals surface area contributed by atoms with Crippen LogP contribution in [0.3, 0.4) is 0 Å². The highest BCUT2D eigenvalue weighted by Crippen LogP contribution is 2.17. The van der Waals surface area contributed by atoms with Crippen LogP contribution in [-0.4, -0.2) is 61.2 Å². The maximum Gasteiger partial charge on any atom is 0.338 e. The number of fused-ring (bicyclic) bond motifs is 1. The first-order valence-corrected chi connectivity index (χ1v) is 7.38. The predicted octanol–water partition coefficient (Wildman–Crippen LogP) is -0.699. The molecule has 24 heavy (non-hydrogen) atoms. The van der Waals surface area contributed by atoms with Gasteiger partial charge in [-0.05, 0) is 12.1 Å². The maximum absolute atomic E-state index is 11.7. The number of esters is 1. The zero-order valence-electron chi connectivity index (χ0n) is 12.8. The zero-order valence-corrected chi connectivity index (χ0v) is 12.8. The van der Waals surface area contributed by atoms with Gasteiger partial charge in [-0.15, -0.1) is 0 Å². The van der Waals surface area contributed by atoms with Crippen LogP contribution < -0.4 is 11.1 Å². The van der Waals surface area contributed by atoms with Gasteiger partial charge in [0.15, 0.2) is 18.2 Å². The van der Waals surface area contributed by atoms with Crippen LogP contribution in [0.1, 0.15) is 10.4 Å². The van der Waals surface area contributed by atoms with E-state index in [1.54, 1.807) is 29.2 Å². The van der Waals surface area contributed by atoms with Gasteiger partial charge in [-0.3, -0.25) is 15.1 Å². The largest absolute Gasteiger partial charge is 0.460 e. The van der Waals surface area contributed by atoms with Gasteiger partial charge in [-0.2, -0.15) is 0 Å². The molecule has 0 aliphatic carbocycles. The van der Waals surface area contributed by atoms with Crippen molar-refractivity contribution in [3.8, 4) is 0 Å². The van der Waals surface area contributed by atoms with Crippen molar-refractivity contribution >= 4 is 24.2 Å². The summed E-state index contributed by atoms with van der Waals surface area (Å²) in [5.41, 5.74) is 6.04. The van der Waals surface area contributed by atoms with Crippen LogP contribution in [-0.2, 0) is 14.3 Å². The van der Waals surface area contributed by atoms with E-state index in [0.717, 1.165) is 0 Å². The van der Waals surface area contributed by atoms with Crippen LogP contribution >= 0.6 is 0 Å². The molecular formula is C15H17N5O4. The molecule has 0 aromatic heterocycles. The number of rotatable bonds is 6. The van der Waals surface area contributed by atoms with E-state index in [4.69, 9.17) is 15.2 Å². The molecule has 9 heteroatoms. The Morgan fingerprint density at radius 2 is 2.08 bits per heavy atom. The topological polar surface area (TPSA) is 119 Å². The van der Waals surface area contributed by atoms with Crippen molar-refractivity contribution in [2.75, 3.05) is 19.9 Å². The lowest BCUT2D eigenvalue weighted by molar-refractivity contribution is -0.122. The molecular weight excluding hydrogens is 314 g/mol. The number of nitrogens with one attached hydrogen (secondary N) is 1. The minimum absolute atomic E-state index is 0.0635. The Labute approximate surface area is 138 Å². The smallest absolute Gasteiger partial charge is 0.338 e. The van der Waals surface area contributed by atoms with E-state index >= 15 is 0 Å². The van der Waals surface area contributed by atoms with Gasteiger partial charge in [-0.25, -0.2) is 9.79 Å². The standard InChI is InChI=1S/C15H17N5O4/c16-15-18-12-11(13(21)19-15)17-8-20(12)9-23-6-7-24-14(22)10-4-2-1-3-5-10/h1-5,8,11-12H,6-7,9H2,(H3,16,18,19,21). The second-order valence-electron chi connectivity index (χ2n) is 5.18. The summed E-state index contributed by atoms with van der Waals surface area (Å²) in [7, 11) is 0. The summed E-state index contributed by atoms with van der Waals surface area (Å²) in [6.45, 7) is 0.502. The summed E-state index contributed by atoms with van der Waals surface area (Å²) >= 11 is 0. The number of hydrogen-bond donors (Lipinski definition) is 2. The lowest BCUT2D eigenvalue weighted by Crippen LogP contribution is -2.54. The molecule has 0 bridgehead atoms. The van der Waals surface area contributed by atoms with Crippen LogP contribution in [0.5, 0.6) is 0 Å². The number of benzene rings is 1. The molecule has 0 fully saturated rings. The van der Waals surface area contributed by atoms with Gasteiger partial charge in [0, 0.05) is 0 Å². The minimum Gasteiger partial charge on any atom is -0.460 e. The van der Waals surface area contributed by atoms with Gasteiger partial charge in [-0.1, -0.05) is 18.2 Å². The second-order valence-corrected chi connectivity index (χ2v) is 5.18. The molecule has 0 radical (unpaired) electrons. The quantitative estimate of drug-likeness (QED) is 0.526. The summed E-state index contributed by atoms with van der Waals surface area (Å²) < 4.78 is 10.5. The number of carbonyl (C=O) groups is 2. The molecule has 1 aromatic rings. The fourth-order valence-electron chi connectivity index (χ4n) is 2.34. The van der Waals surface area contributed by atoms with E-state index in [1.165, 1.54) is 6.34 Å². The summed E-state index contributed by atoms with van der Waals surface area (Å²) in [5.74, 6) is -0.625. The van der Waals surface area contributed by atoms with Crippen molar-refractivity contribution in [1.82, 2.24) is 10.2 Å². The second kappa shape index (κ2) is 7.09. The molecule has 1 aromatic carbocycles. The van der Waals surface area contributed by atoms with E-state index in [0.29, 0.717) is 5.56 Å². The first kappa shape index (κ1) is 15.9. The van der Waals surface area contributed by atoms with Crippen molar-refractivity contribution < 1.29 is 19.1 Å². The van der Waals surface area contributed by atoms with Gasteiger partial charge in [0.1, 0.15) is 13.3 Å². The van der Waals surface area contributed by atoms with Gasteiger partial charge in [0.2, 0.25) is 0 Å². The highest BCUT2D eigenvalue weighted by molar-refractivity contribution is 6.02. The molecule has 2 aliphatic rings. The number of hydrogen-bond acceptors (Lipinski definition) is 8. The maximum atomic E-state index is 11.7. The van der Waals surface area contributed by atoms with Crippen LogP contribution in [0.4, 0.5) is 0 Å². The normalized spacial score (nSPS) is 21.9. The van der Waals surface area contributed by atoms with Crippen LogP contribution in [0.15, 0.2) is 40.3 Å². The number of aliphatic imine (C=N–C) groups is 2. The van der Waals surface area contributed by atoms with E-state index in [9.17, 15) is 9.59 Å². The van der Waals surface area contributed by atoms with Gasteiger partial charge < -0.3 is 20.1 Å². The molecule has 2 aliphatic heterocycles. The number of ether oxygens (including phenoxy) is 2. The third kappa shape index (κ3) is 3.51. The molecule has 3 rings (SSSR count). The van der Waals surface area contributed by atoms with Crippen molar-refractivity contribution in [1.29, 1.82) is 0 Å². The number of carbonyl (C=O) groups excluding carboxylic acids is 2. The average molecular weight is 331 g/mol. The summed E-state index contributed by atoms with van der Waals surface area (Å²) in [4.78, 5) is 33.3. The molecule has 126 valence electrons. The van der Waals surface area contributed by atoms with E-state index in [2.05, 4.69) is 15.3 Å². The molecule has 3 N–H and O–H groups in total. The minimum atomic E-state index is -0.614. The highest BCUT2D eigenvalue weighted by Gasteiger charge is 2.39. The van der Waals surface area contributed by atoms with E-state index in [-0.39, 0.29) is 31.8 Å². The van der Waals surface area contributed by atoms with Crippen molar-refractivity contribution in [3.63, 3.8) is 0 Å². The first-order chi connectivity index (χ1) is 11.6. The van der Waals surface area contributed by atoms with Crippen molar-refractivity contribution in [3.05, 3.63) is 35.9 Å². The lowest BCUT2D eigenvalue weighted by atomic mass is 10.2. The molecule has 1 amide bonds. The van der Waals surface area contributed by atoms with Crippen LogP contribution in [0.25, 0.3) is 0 Å². The molecule has 2 atom stereocenters. The van der Waals surface area contributed by atoms with E-state index < -0.39 is 18.2 Å². The Kier molecular flexibility index (Phi) is 4.71. The average Bonchev–Trinajstić information content (AvgIpc) is 2.98. The fourth-order valence-corrected chi connectivity index (χ4v) is 2.34. The van der Waals surface area contributed by atoms with E-state index in [1.807, 2.05) is 6.07 Å². The first-order valence-electron chi connectivity index (χ1n) is 7.38. The van der Waals surface area contributed by atoms with Crippen LogP contribution in [0, 0.1) is 0 Å². The lowest BCUT2D eigenvalue weighted by Gasteiger charge is -2.27. The SMILES string of the molecule is NC1=NC2C(N=CN2COCCOC(=O)c2ccccc2)C(=O)N1. The molecule has 2 heterocycles. The fraction of sp³-hybridized carbons (Fsp3) is 0.333. The zero-order chi connectivity index (χ0) is 16.9. The highest BCUT2D eigenvalue weighted by atomic mass is 16.6. The van der Waals surface area contributed by atoms with Crippen LogP contribution in [0.2, 0.25) is 0 Å². The number of guanidine groups is 1. The monoisotopic (exact) mass is 331 g/mol. The molecule has 2 unspecified atom stereocenters. The Bertz CT molecular complexity index is 676. The Morgan fingerprint density at radius 1 is 1.29 bits per heavy atom. The summed E-state index contributed by atoms with van der Waals surface area (Å²) in [6.07, 6.45) is 1.01. The van der Waals surface area contributed by atoms with Gasteiger partial charge >= 0.3 is 5.97 Å². The Morgan fingerprint density at radius 3 is 2.88 bits per heavy atom. The van der Waals surface area contributed by atoms with Gasteiger partial charge in [0.25, 0.3) is 5.91 Å². The number of nitrogens with zero attached hydrogens (tertiary/aromatic N) is 3. The molecule has 9 nitrogen and oxygen atoms in total. The number of amides is 1. The van der Waals surface area contributed by atoms with Gasteiger partial charge in [0.05, 0.1) is 18.5 Å². The predicted molar refractivity (Wildman–Crippen MR) is 85.2 cm³/mol. The Balaban J connectivity index is 1.40. The molecule has 0 saturated heterocycles. The molecule has 0 saturated carbocycles. The molecule has 0 spiro atoms. The third-order valence-corrected chi connectivity index (χ3v) is 3.50. The third-order valence-electron chi connectivity index (χ3n) is 3.50. The Hall–Kier alpha value is -2.94. The van der Waals surface area contributed by atoms with Crippen molar-refractivity contribution in [2.45, 2.75) is 12.2 Å². The van der Waals surface area contributed by atoms with Crippen molar-refractivity contribution in [2.24, 2.45) is 15.7 Å².